The fraction of sp³-hybridized carbons (Fsp3) is 0.500. The van der Waals surface area contributed by atoms with Crippen LogP contribution in [-0.2, 0) is 9.84 Å². The molecule has 116 valence electrons. The summed E-state index contributed by atoms with van der Waals surface area (Å²) in [5, 5.41) is 0. The van der Waals surface area contributed by atoms with E-state index in [4.69, 9.17) is 18.0 Å². The Hall–Kier alpha value is -0.630. The van der Waals surface area contributed by atoms with Gasteiger partial charge in [-0.3, -0.25) is 0 Å². The van der Waals surface area contributed by atoms with Crippen molar-refractivity contribution in [1.29, 1.82) is 0 Å². The predicted octanol–water partition coefficient (Wildman–Crippen LogP) is 1.53. The molecule has 2 rings (SSSR count). The van der Waals surface area contributed by atoms with Crippen LogP contribution < -0.4 is 5.73 Å². The van der Waals surface area contributed by atoms with Crippen molar-refractivity contribution < 1.29 is 8.42 Å². The van der Waals surface area contributed by atoms with E-state index in [1.54, 1.807) is 24.3 Å². The van der Waals surface area contributed by atoms with Gasteiger partial charge in [-0.1, -0.05) is 24.4 Å². The van der Waals surface area contributed by atoms with Crippen molar-refractivity contribution in [2.75, 3.05) is 30.9 Å². The summed E-state index contributed by atoms with van der Waals surface area (Å²) in [5.41, 5.74) is 6.15. The lowest BCUT2D eigenvalue weighted by Crippen LogP contribution is -2.35. The van der Waals surface area contributed by atoms with Gasteiger partial charge in [0, 0.05) is 23.9 Å². The molecule has 0 aromatic heterocycles. The van der Waals surface area contributed by atoms with E-state index in [-0.39, 0.29) is 10.7 Å². The lowest BCUT2D eigenvalue weighted by atomic mass is 10.2. The van der Waals surface area contributed by atoms with Gasteiger partial charge in [-0.05, 0) is 31.4 Å². The Labute approximate surface area is 136 Å². The number of thioether (sulfide) groups is 1. The molecule has 1 aliphatic heterocycles. The molecular weight excluding hydrogens is 324 g/mol. The second-order valence-corrected chi connectivity index (χ2v) is 8.91. The maximum Gasteiger partial charge on any atom is 0.179 e. The van der Waals surface area contributed by atoms with Crippen LogP contribution in [0.3, 0.4) is 0 Å². The average Bonchev–Trinajstić information content (AvgIpc) is 2.99. The zero-order valence-electron chi connectivity index (χ0n) is 12.0. The number of rotatable bonds is 6. The van der Waals surface area contributed by atoms with E-state index in [1.165, 1.54) is 0 Å². The van der Waals surface area contributed by atoms with E-state index in [2.05, 4.69) is 4.90 Å². The Morgan fingerprint density at radius 2 is 2.29 bits per heavy atom. The van der Waals surface area contributed by atoms with Gasteiger partial charge in [0.05, 0.1) is 10.6 Å². The van der Waals surface area contributed by atoms with Crippen molar-refractivity contribution >= 4 is 38.8 Å². The first-order chi connectivity index (χ1) is 9.90. The lowest BCUT2D eigenvalue weighted by molar-refractivity contribution is 0.277. The van der Waals surface area contributed by atoms with E-state index in [0.29, 0.717) is 23.0 Å². The highest BCUT2D eigenvalue weighted by molar-refractivity contribution is 7.99. The van der Waals surface area contributed by atoms with Gasteiger partial charge in [-0.25, -0.2) is 8.42 Å². The first-order valence-corrected chi connectivity index (χ1v) is 10.0. The number of nitrogens with two attached hydrogens (primary N) is 1. The number of benzene rings is 1. The quantitative estimate of drug-likeness (QED) is 0.790. The van der Waals surface area contributed by atoms with Crippen LogP contribution in [0.4, 0.5) is 0 Å². The molecule has 1 aromatic carbocycles. The Kier molecular flexibility index (Phi) is 5.65. The molecule has 4 nitrogen and oxygen atoms in total. The fourth-order valence-corrected chi connectivity index (χ4v) is 5.06. The van der Waals surface area contributed by atoms with E-state index in [9.17, 15) is 8.42 Å². The summed E-state index contributed by atoms with van der Waals surface area (Å²) in [6.45, 7) is 0.546. The third kappa shape index (κ3) is 4.42. The SMILES string of the molecule is CN(CCS(=O)(=O)c1cccc(C(N)=S)c1)C1CCSC1. The van der Waals surface area contributed by atoms with Crippen LogP contribution in [0.2, 0.25) is 0 Å². The summed E-state index contributed by atoms with van der Waals surface area (Å²) in [4.78, 5) is 2.66. The zero-order chi connectivity index (χ0) is 15.5. The zero-order valence-corrected chi connectivity index (χ0v) is 14.4. The van der Waals surface area contributed by atoms with Gasteiger partial charge in [0.1, 0.15) is 4.99 Å². The van der Waals surface area contributed by atoms with Crippen LogP contribution in [0.15, 0.2) is 29.2 Å². The van der Waals surface area contributed by atoms with Crippen LogP contribution in [0.25, 0.3) is 0 Å². The van der Waals surface area contributed by atoms with Crippen molar-refractivity contribution in [1.82, 2.24) is 4.90 Å². The third-order valence-electron chi connectivity index (χ3n) is 3.72. The van der Waals surface area contributed by atoms with Crippen molar-refractivity contribution in [2.24, 2.45) is 5.73 Å². The monoisotopic (exact) mass is 344 g/mol. The minimum Gasteiger partial charge on any atom is -0.389 e. The first-order valence-electron chi connectivity index (χ1n) is 6.81. The Balaban J connectivity index is 2.04. The molecule has 1 fully saturated rings. The van der Waals surface area contributed by atoms with Gasteiger partial charge in [-0.2, -0.15) is 11.8 Å². The topological polar surface area (TPSA) is 63.4 Å². The highest BCUT2D eigenvalue weighted by Gasteiger charge is 2.22. The largest absolute Gasteiger partial charge is 0.389 e. The first kappa shape index (κ1) is 16.7. The van der Waals surface area contributed by atoms with Crippen LogP contribution in [0.5, 0.6) is 0 Å². The Bertz CT molecular complexity index is 610. The smallest absolute Gasteiger partial charge is 0.179 e. The van der Waals surface area contributed by atoms with Gasteiger partial charge in [0.2, 0.25) is 0 Å². The molecule has 1 unspecified atom stereocenters. The van der Waals surface area contributed by atoms with Gasteiger partial charge in [0.15, 0.2) is 9.84 Å². The molecule has 1 saturated heterocycles. The predicted molar refractivity (Wildman–Crippen MR) is 92.7 cm³/mol. The molecule has 1 aliphatic rings. The van der Waals surface area contributed by atoms with Crippen molar-refractivity contribution in [3.05, 3.63) is 29.8 Å². The highest BCUT2D eigenvalue weighted by atomic mass is 32.2. The Morgan fingerprint density at radius 3 is 2.90 bits per heavy atom. The number of sulfone groups is 1. The van der Waals surface area contributed by atoms with Crippen LogP contribution >= 0.6 is 24.0 Å². The third-order valence-corrected chi connectivity index (χ3v) is 6.79. The summed E-state index contributed by atoms with van der Waals surface area (Å²) >= 11 is 6.82. The number of hydrogen-bond acceptors (Lipinski definition) is 5. The van der Waals surface area contributed by atoms with Gasteiger partial charge in [-0.15, -0.1) is 0 Å². The van der Waals surface area contributed by atoms with Gasteiger partial charge < -0.3 is 10.6 Å². The second-order valence-electron chi connectivity index (χ2n) is 5.21. The van der Waals surface area contributed by atoms with E-state index in [0.717, 1.165) is 17.9 Å². The molecule has 1 aromatic rings. The summed E-state index contributed by atoms with van der Waals surface area (Å²) < 4.78 is 24.8. The van der Waals surface area contributed by atoms with Crippen molar-refractivity contribution in [2.45, 2.75) is 17.4 Å². The molecule has 0 spiro atoms. The fourth-order valence-electron chi connectivity index (χ4n) is 2.28. The molecule has 0 saturated carbocycles. The molecule has 0 amide bonds. The summed E-state index contributed by atoms with van der Waals surface area (Å²) in [5.74, 6) is 2.37. The molecule has 1 atom stereocenters. The van der Waals surface area contributed by atoms with E-state index in [1.807, 2.05) is 18.8 Å². The maximum absolute atomic E-state index is 12.4. The molecule has 0 radical (unpaired) electrons. The van der Waals surface area contributed by atoms with Crippen LogP contribution in [-0.4, -0.2) is 55.2 Å². The van der Waals surface area contributed by atoms with Gasteiger partial charge >= 0.3 is 0 Å². The molecule has 7 heteroatoms. The molecular formula is C14H20N2O2S3. The standard InChI is InChI=1S/C14H20N2O2S3/c1-16(12-5-7-20-10-12)6-8-21(17,18)13-4-2-3-11(9-13)14(15)19/h2-4,9,12H,5-8,10H2,1H3,(H2,15,19). The molecule has 21 heavy (non-hydrogen) atoms. The molecule has 1 heterocycles. The second kappa shape index (κ2) is 7.09. The molecule has 2 N–H and O–H groups in total. The van der Waals surface area contributed by atoms with Gasteiger partial charge in [0.25, 0.3) is 0 Å². The van der Waals surface area contributed by atoms with E-state index < -0.39 is 9.84 Å². The molecule has 0 bridgehead atoms. The van der Waals surface area contributed by atoms with E-state index >= 15 is 0 Å². The summed E-state index contributed by atoms with van der Waals surface area (Å²) in [7, 11) is -1.31. The number of thiocarbonyl (C=S) groups is 1. The lowest BCUT2D eigenvalue weighted by Gasteiger charge is -2.23. The number of hydrogen-bond donors (Lipinski definition) is 1. The van der Waals surface area contributed by atoms with Crippen molar-refractivity contribution in [3.63, 3.8) is 0 Å². The van der Waals surface area contributed by atoms with Crippen LogP contribution in [0.1, 0.15) is 12.0 Å². The van der Waals surface area contributed by atoms with Crippen LogP contribution in [0, 0.1) is 0 Å². The summed E-state index contributed by atoms with van der Waals surface area (Å²) in [6.07, 6.45) is 1.14. The van der Waals surface area contributed by atoms with Crippen molar-refractivity contribution in [3.8, 4) is 0 Å². The number of nitrogens with zero attached hydrogens (tertiary/aromatic N) is 1. The minimum atomic E-state index is -3.30. The molecule has 0 aliphatic carbocycles. The minimum absolute atomic E-state index is 0.117. The Morgan fingerprint density at radius 1 is 1.52 bits per heavy atom. The average molecular weight is 345 g/mol. The highest BCUT2D eigenvalue weighted by Crippen LogP contribution is 2.21. The normalized spacial score (nSPS) is 19.0. The maximum atomic E-state index is 12.4. The summed E-state index contributed by atoms with van der Waals surface area (Å²) in [6, 6.07) is 7.06.